The zero-order valence-electron chi connectivity index (χ0n) is 14.6. The van der Waals surface area contributed by atoms with Crippen molar-refractivity contribution in [3.63, 3.8) is 0 Å². The zero-order chi connectivity index (χ0) is 18.1. The second-order valence-corrected chi connectivity index (χ2v) is 6.48. The third kappa shape index (κ3) is 2.88. The standard InChI is InChI=1S/C26H16O/c1-3-9-19(10-4-1)15-16-23-24-17-21-13-7-8-14-22(21)18-25(24)27-26(23)20-11-5-2-6-12-20/h1-14,17-18H. The summed E-state index contributed by atoms with van der Waals surface area (Å²) in [5, 5.41) is 3.41. The highest BCUT2D eigenvalue weighted by Crippen LogP contribution is 2.35. The number of hydrogen-bond donors (Lipinski definition) is 0. The number of furan rings is 1. The first kappa shape index (κ1) is 15.5. The molecule has 0 saturated carbocycles. The van der Waals surface area contributed by atoms with E-state index in [-0.39, 0.29) is 0 Å². The van der Waals surface area contributed by atoms with Gasteiger partial charge in [0.05, 0.1) is 5.56 Å². The number of fused-ring (bicyclic) bond motifs is 2. The molecule has 0 aliphatic carbocycles. The van der Waals surface area contributed by atoms with Gasteiger partial charge in [0.25, 0.3) is 0 Å². The van der Waals surface area contributed by atoms with Crippen LogP contribution in [0.4, 0.5) is 0 Å². The van der Waals surface area contributed by atoms with Crippen LogP contribution in [0.25, 0.3) is 33.1 Å². The van der Waals surface area contributed by atoms with Crippen molar-refractivity contribution in [3.8, 4) is 23.2 Å². The second kappa shape index (κ2) is 6.52. The third-order valence-corrected chi connectivity index (χ3v) is 4.70. The lowest BCUT2D eigenvalue weighted by molar-refractivity contribution is 0.631. The first-order valence-electron chi connectivity index (χ1n) is 8.96. The molecule has 1 nitrogen and oxygen atoms in total. The molecule has 0 radical (unpaired) electrons. The lowest BCUT2D eigenvalue weighted by Gasteiger charge is -1.97. The quantitative estimate of drug-likeness (QED) is 0.310. The van der Waals surface area contributed by atoms with Crippen LogP contribution in [0.5, 0.6) is 0 Å². The van der Waals surface area contributed by atoms with E-state index in [2.05, 4.69) is 54.3 Å². The molecule has 126 valence electrons. The minimum absolute atomic E-state index is 0.823. The molecule has 27 heavy (non-hydrogen) atoms. The first-order chi connectivity index (χ1) is 13.4. The van der Waals surface area contributed by atoms with E-state index in [1.54, 1.807) is 0 Å². The van der Waals surface area contributed by atoms with Gasteiger partial charge >= 0.3 is 0 Å². The monoisotopic (exact) mass is 344 g/mol. The van der Waals surface area contributed by atoms with Crippen LogP contribution in [0, 0.1) is 11.8 Å². The van der Waals surface area contributed by atoms with Crippen LogP contribution in [0.3, 0.4) is 0 Å². The minimum atomic E-state index is 0.823. The molecule has 0 atom stereocenters. The van der Waals surface area contributed by atoms with Gasteiger partial charge in [0.1, 0.15) is 5.58 Å². The van der Waals surface area contributed by atoms with Crippen molar-refractivity contribution in [1.82, 2.24) is 0 Å². The van der Waals surface area contributed by atoms with Gasteiger partial charge in [-0.15, -0.1) is 0 Å². The summed E-state index contributed by atoms with van der Waals surface area (Å²) in [6.45, 7) is 0. The summed E-state index contributed by atoms with van der Waals surface area (Å²) >= 11 is 0. The number of benzene rings is 4. The van der Waals surface area contributed by atoms with Crippen molar-refractivity contribution in [3.05, 3.63) is 108 Å². The van der Waals surface area contributed by atoms with Gasteiger partial charge in [-0.2, -0.15) is 0 Å². The van der Waals surface area contributed by atoms with Gasteiger partial charge in [0.2, 0.25) is 0 Å². The molecule has 0 aliphatic rings. The fourth-order valence-electron chi connectivity index (χ4n) is 3.36. The van der Waals surface area contributed by atoms with Crippen LogP contribution in [0.1, 0.15) is 11.1 Å². The van der Waals surface area contributed by atoms with Crippen molar-refractivity contribution >= 4 is 21.7 Å². The SMILES string of the molecule is C(#Cc1c(-c2ccccc2)oc2cc3ccccc3cc12)c1ccccc1. The summed E-state index contributed by atoms with van der Waals surface area (Å²) in [6, 6.07) is 32.8. The van der Waals surface area contributed by atoms with Crippen molar-refractivity contribution in [1.29, 1.82) is 0 Å². The molecule has 1 heteroatoms. The summed E-state index contributed by atoms with van der Waals surface area (Å²) < 4.78 is 6.28. The predicted octanol–water partition coefficient (Wildman–Crippen LogP) is 6.65. The molecular weight excluding hydrogens is 328 g/mol. The molecule has 0 spiro atoms. The average Bonchev–Trinajstić information content (AvgIpc) is 3.09. The van der Waals surface area contributed by atoms with E-state index in [9.17, 15) is 0 Å². The van der Waals surface area contributed by atoms with Crippen molar-refractivity contribution in [2.24, 2.45) is 0 Å². The molecule has 0 bridgehead atoms. The normalized spacial score (nSPS) is 10.7. The molecule has 0 saturated heterocycles. The molecule has 0 amide bonds. The molecule has 0 N–H and O–H groups in total. The predicted molar refractivity (Wildman–Crippen MR) is 112 cm³/mol. The Morgan fingerprint density at radius 3 is 1.96 bits per heavy atom. The van der Waals surface area contributed by atoms with Crippen molar-refractivity contribution in [2.45, 2.75) is 0 Å². The van der Waals surface area contributed by atoms with E-state index in [4.69, 9.17) is 4.42 Å². The molecule has 1 aromatic heterocycles. The second-order valence-electron chi connectivity index (χ2n) is 6.48. The number of rotatable bonds is 1. The first-order valence-corrected chi connectivity index (χ1v) is 8.96. The Balaban J connectivity index is 1.79. The Labute approximate surface area is 157 Å². The van der Waals surface area contributed by atoms with E-state index in [0.717, 1.165) is 33.4 Å². The Morgan fingerprint density at radius 2 is 1.22 bits per heavy atom. The van der Waals surface area contributed by atoms with Crippen molar-refractivity contribution < 1.29 is 4.42 Å². The summed E-state index contributed by atoms with van der Waals surface area (Å²) in [7, 11) is 0. The third-order valence-electron chi connectivity index (χ3n) is 4.70. The molecule has 0 unspecified atom stereocenters. The lowest BCUT2D eigenvalue weighted by Crippen LogP contribution is -1.80. The van der Waals surface area contributed by atoms with Gasteiger partial charge in [0.15, 0.2) is 5.76 Å². The topological polar surface area (TPSA) is 13.1 Å². The van der Waals surface area contributed by atoms with Gasteiger partial charge in [-0.25, -0.2) is 0 Å². The molecule has 0 fully saturated rings. The molecule has 0 aliphatic heterocycles. The maximum absolute atomic E-state index is 6.28. The molecule has 4 aromatic carbocycles. The summed E-state index contributed by atoms with van der Waals surface area (Å²) in [5.74, 6) is 7.48. The van der Waals surface area contributed by atoms with Gasteiger partial charge in [-0.1, -0.05) is 84.6 Å². The van der Waals surface area contributed by atoms with E-state index >= 15 is 0 Å². The summed E-state index contributed by atoms with van der Waals surface area (Å²) in [6.07, 6.45) is 0. The van der Waals surface area contributed by atoms with Gasteiger partial charge in [0, 0.05) is 16.5 Å². The van der Waals surface area contributed by atoms with Crippen LogP contribution in [0.2, 0.25) is 0 Å². The lowest BCUT2D eigenvalue weighted by atomic mass is 10.0. The maximum Gasteiger partial charge on any atom is 0.151 e. The fraction of sp³-hybridized carbons (Fsp3) is 0. The molecular formula is C26H16O. The van der Waals surface area contributed by atoms with Gasteiger partial charge < -0.3 is 4.42 Å². The van der Waals surface area contributed by atoms with Crippen LogP contribution in [-0.4, -0.2) is 0 Å². The smallest absolute Gasteiger partial charge is 0.151 e. The Bertz CT molecular complexity index is 1300. The maximum atomic E-state index is 6.28. The van der Waals surface area contributed by atoms with Crippen LogP contribution in [0.15, 0.2) is 101 Å². The molecule has 1 heterocycles. The Hall–Kier alpha value is -3.76. The summed E-state index contributed by atoms with van der Waals surface area (Å²) in [4.78, 5) is 0. The minimum Gasteiger partial charge on any atom is -0.455 e. The highest BCUT2D eigenvalue weighted by atomic mass is 16.3. The average molecular weight is 344 g/mol. The van der Waals surface area contributed by atoms with E-state index < -0.39 is 0 Å². The highest BCUT2D eigenvalue weighted by molar-refractivity contribution is 6.01. The largest absolute Gasteiger partial charge is 0.455 e. The van der Waals surface area contributed by atoms with Gasteiger partial charge in [-0.05, 0) is 35.0 Å². The van der Waals surface area contributed by atoms with E-state index in [1.165, 1.54) is 10.8 Å². The Morgan fingerprint density at radius 1 is 0.593 bits per heavy atom. The van der Waals surface area contributed by atoms with Crippen LogP contribution < -0.4 is 0 Å². The van der Waals surface area contributed by atoms with Gasteiger partial charge in [-0.3, -0.25) is 0 Å². The fourth-order valence-corrected chi connectivity index (χ4v) is 3.36. The molecule has 5 rings (SSSR count). The van der Waals surface area contributed by atoms with Crippen LogP contribution >= 0.6 is 0 Å². The van der Waals surface area contributed by atoms with E-state index in [0.29, 0.717) is 0 Å². The Kier molecular flexibility index (Phi) is 3.74. The van der Waals surface area contributed by atoms with E-state index in [1.807, 2.05) is 54.6 Å². The molecule has 5 aromatic rings. The van der Waals surface area contributed by atoms with Crippen LogP contribution in [-0.2, 0) is 0 Å². The zero-order valence-corrected chi connectivity index (χ0v) is 14.6. The number of hydrogen-bond acceptors (Lipinski definition) is 1. The highest BCUT2D eigenvalue weighted by Gasteiger charge is 2.15. The summed E-state index contributed by atoms with van der Waals surface area (Å²) in [5.41, 5.74) is 3.83. The van der Waals surface area contributed by atoms with Crippen molar-refractivity contribution in [2.75, 3.05) is 0 Å².